The molecule has 0 saturated heterocycles. The zero-order valence-corrected chi connectivity index (χ0v) is 9.12. The maximum atomic E-state index is 2.36. The van der Waals surface area contributed by atoms with Gasteiger partial charge in [-0.1, -0.05) is 53.2 Å². The van der Waals surface area contributed by atoms with Crippen LogP contribution in [0.25, 0.3) is 0 Å². The minimum absolute atomic E-state index is 0.506. The highest BCUT2D eigenvalue weighted by Gasteiger charge is 2.19. The molecular weight excluding hydrogens is 131 g/mol. The molecule has 0 spiro atoms. The summed E-state index contributed by atoms with van der Waals surface area (Å²) in [6, 6.07) is 0. The fourth-order valence-electron chi connectivity index (χ4n) is 0.890. The molecule has 0 radical (unpaired) electrons. The summed E-state index contributed by atoms with van der Waals surface area (Å²) in [6.45, 7) is 14.0. The van der Waals surface area contributed by atoms with Crippen LogP contribution in [0.15, 0.2) is 0 Å². The Morgan fingerprint density at radius 1 is 0.909 bits per heavy atom. The molecule has 0 aliphatic carbocycles. The summed E-state index contributed by atoms with van der Waals surface area (Å²) in [4.78, 5) is 0. The van der Waals surface area contributed by atoms with Crippen LogP contribution < -0.4 is 0 Å². The quantitative estimate of drug-likeness (QED) is 0.545. The Hall–Kier alpha value is 0.0649. The van der Waals surface area contributed by atoms with Crippen molar-refractivity contribution in [3.63, 3.8) is 0 Å². The van der Waals surface area contributed by atoms with E-state index in [0.717, 1.165) is 0 Å². The molecule has 0 aliphatic rings. The van der Waals surface area contributed by atoms with E-state index in [-0.39, 0.29) is 0 Å². The minimum atomic E-state index is 0.506. The van der Waals surface area contributed by atoms with E-state index in [9.17, 15) is 0 Å². The number of hydrogen-bond donors (Lipinski definition) is 0. The van der Waals surface area contributed by atoms with E-state index in [1.54, 1.807) is 0 Å². The Morgan fingerprint density at radius 3 is 1.64 bits per heavy atom. The molecule has 0 atom stereocenters. The standard InChI is InChI=1S/C10H23B/c1-9(2,3)7-8-10(4,5)11-6/h11H,7-8H2,1-6H3. The molecule has 0 aromatic carbocycles. The maximum absolute atomic E-state index is 2.36. The van der Waals surface area contributed by atoms with Crippen molar-refractivity contribution < 1.29 is 0 Å². The molecule has 0 nitrogen and oxygen atoms in total. The van der Waals surface area contributed by atoms with Crippen LogP contribution in [0, 0.1) is 5.41 Å². The third-order valence-corrected chi connectivity index (χ3v) is 2.51. The lowest BCUT2D eigenvalue weighted by molar-refractivity contribution is 0.342. The van der Waals surface area contributed by atoms with Crippen molar-refractivity contribution in [2.24, 2.45) is 5.41 Å². The van der Waals surface area contributed by atoms with Crippen LogP contribution >= 0.6 is 0 Å². The Morgan fingerprint density at radius 2 is 1.36 bits per heavy atom. The minimum Gasteiger partial charge on any atom is -0.0889 e. The van der Waals surface area contributed by atoms with Crippen LogP contribution in [0.3, 0.4) is 0 Å². The van der Waals surface area contributed by atoms with Crippen LogP contribution in [0.5, 0.6) is 0 Å². The third-order valence-electron chi connectivity index (χ3n) is 2.51. The zero-order valence-electron chi connectivity index (χ0n) is 9.12. The van der Waals surface area contributed by atoms with Gasteiger partial charge >= 0.3 is 0 Å². The summed E-state index contributed by atoms with van der Waals surface area (Å²) in [5.74, 6) is 0. The maximum Gasteiger partial charge on any atom is 0.124 e. The van der Waals surface area contributed by atoms with E-state index in [4.69, 9.17) is 0 Å². The highest BCUT2D eigenvalue weighted by Crippen LogP contribution is 2.34. The van der Waals surface area contributed by atoms with E-state index < -0.39 is 0 Å². The third kappa shape index (κ3) is 6.46. The smallest absolute Gasteiger partial charge is 0.0889 e. The molecular formula is C10H23B. The first kappa shape index (κ1) is 11.1. The fraction of sp³-hybridized carbons (Fsp3) is 1.00. The Labute approximate surface area is 73.0 Å². The van der Waals surface area contributed by atoms with Crippen LogP contribution in [-0.4, -0.2) is 7.28 Å². The van der Waals surface area contributed by atoms with Crippen LogP contribution in [0.2, 0.25) is 12.1 Å². The van der Waals surface area contributed by atoms with E-state index in [1.165, 1.54) is 20.1 Å². The molecule has 0 N–H and O–H groups in total. The predicted molar refractivity (Wildman–Crippen MR) is 55.7 cm³/mol. The average molecular weight is 154 g/mol. The Bertz CT molecular complexity index is 109. The highest BCUT2D eigenvalue weighted by molar-refractivity contribution is 6.37. The lowest BCUT2D eigenvalue weighted by Crippen LogP contribution is -2.14. The van der Waals surface area contributed by atoms with Gasteiger partial charge in [-0.25, -0.2) is 0 Å². The van der Waals surface area contributed by atoms with Crippen molar-refractivity contribution in [2.45, 2.75) is 59.6 Å². The average Bonchev–Trinajstić information content (AvgIpc) is 1.83. The second kappa shape index (κ2) is 3.64. The zero-order chi connectivity index (χ0) is 9.12. The van der Waals surface area contributed by atoms with Gasteiger partial charge in [0.2, 0.25) is 0 Å². The molecule has 0 amide bonds. The highest BCUT2D eigenvalue weighted by atomic mass is 14.2. The van der Waals surface area contributed by atoms with Gasteiger partial charge in [-0.05, 0) is 11.8 Å². The van der Waals surface area contributed by atoms with Crippen LogP contribution in [-0.2, 0) is 0 Å². The molecule has 0 aliphatic heterocycles. The normalized spacial score (nSPS) is 13.3. The molecule has 0 unspecified atom stereocenters. The molecule has 66 valence electrons. The van der Waals surface area contributed by atoms with E-state index in [1.807, 2.05) is 0 Å². The summed E-state index contributed by atoms with van der Waals surface area (Å²) in [5.41, 5.74) is 0.506. The predicted octanol–water partition coefficient (Wildman–Crippen LogP) is 3.50. The molecule has 0 fully saturated rings. The first-order valence-electron chi connectivity index (χ1n) is 4.77. The second-order valence-electron chi connectivity index (χ2n) is 5.58. The van der Waals surface area contributed by atoms with Gasteiger partial charge < -0.3 is 0 Å². The summed E-state index contributed by atoms with van der Waals surface area (Å²) >= 11 is 0. The van der Waals surface area contributed by atoms with Crippen molar-refractivity contribution in [2.75, 3.05) is 0 Å². The van der Waals surface area contributed by atoms with E-state index in [2.05, 4.69) is 41.4 Å². The molecule has 1 heteroatoms. The van der Waals surface area contributed by atoms with Gasteiger partial charge in [0, 0.05) is 0 Å². The SMILES string of the molecule is CBC(C)(C)CCC(C)(C)C. The monoisotopic (exact) mass is 154 g/mol. The van der Waals surface area contributed by atoms with Gasteiger partial charge in [0.25, 0.3) is 0 Å². The molecule has 0 saturated carbocycles. The van der Waals surface area contributed by atoms with Crippen molar-refractivity contribution in [1.29, 1.82) is 0 Å². The summed E-state index contributed by atoms with van der Waals surface area (Å²) in [5, 5.41) is 0.549. The lowest BCUT2D eigenvalue weighted by atomic mass is 9.53. The van der Waals surface area contributed by atoms with Crippen molar-refractivity contribution in [3.8, 4) is 0 Å². The van der Waals surface area contributed by atoms with Gasteiger partial charge in [0.1, 0.15) is 7.28 Å². The molecule has 0 rings (SSSR count). The van der Waals surface area contributed by atoms with Gasteiger partial charge in [-0.3, -0.25) is 0 Å². The first-order chi connectivity index (χ1) is 4.77. The lowest BCUT2D eigenvalue weighted by Gasteiger charge is -2.27. The molecule has 0 aromatic rings. The topological polar surface area (TPSA) is 0 Å². The fourth-order valence-corrected chi connectivity index (χ4v) is 0.890. The van der Waals surface area contributed by atoms with Gasteiger partial charge in [-0.15, -0.1) is 0 Å². The summed E-state index contributed by atoms with van der Waals surface area (Å²) in [7, 11) is 1.29. The molecule has 11 heavy (non-hydrogen) atoms. The number of hydrogen-bond acceptors (Lipinski definition) is 0. The molecule has 0 heterocycles. The molecule has 0 bridgehead atoms. The summed E-state index contributed by atoms with van der Waals surface area (Å²) < 4.78 is 0. The Balaban J connectivity index is 3.70. The van der Waals surface area contributed by atoms with E-state index >= 15 is 0 Å². The van der Waals surface area contributed by atoms with Crippen molar-refractivity contribution in [1.82, 2.24) is 0 Å². The largest absolute Gasteiger partial charge is 0.124 e. The van der Waals surface area contributed by atoms with Gasteiger partial charge in [-0.2, -0.15) is 0 Å². The van der Waals surface area contributed by atoms with Crippen molar-refractivity contribution >= 4 is 7.28 Å². The van der Waals surface area contributed by atoms with Crippen LogP contribution in [0.4, 0.5) is 0 Å². The van der Waals surface area contributed by atoms with Crippen molar-refractivity contribution in [3.05, 3.63) is 0 Å². The Kier molecular flexibility index (Phi) is 3.67. The molecule has 0 aromatic heterocycles. The summed E-state index contributed by atoms with van der Waals surface area (Å²) in [6.07, 6.45) is 2.70. The van der Waals surface area contributed by atoms with Gasteiger partial charge in [0.15, 0.2) is 0 Å². The second-order valence-corrected chi connectivity index (χ2v) is 5.58. The van der Waals surface area contributed by atoms with Gasteiger partial charge in [0.05, 0.1) is 0 Å². The van der Waals surface area contributed by atoms with Crippen LogP contribution in [0.1, 0.15) is 47.5 Å². The first-order valence-corrected chi connectivity index (χ1v) is 4.77. The van der Waals surface area contributed by atoms with E-state index in [0.29, 0.717) is 10.7 Å². The number of rotatable bonds is 3.